The first-order valence-corrected chi connectivity index (χ1v) is 9.40. The number of alkyl halides is 3. The first-order valence-electron chi connectivity index (χ1n) is 7.75. The smallest absolute Gasteiger partial charge is 0.416 e. The van der Waals surface area contributed by atoms with Crippen molar-refractivity contribution < 1.29 is 31.1 Å². The largest absolute Gasteiger partial charge is 0.460 e. The lowest BCUT2D eigenvalue weighted by Crippen LogP contribution is -2.19. The van der Waals surface area contributed by atoms with Gasteiger partial charge in [0.25, 0.3) is 0 Å². The average molecular weight is 386 g/mol. The normalized spacial score (nSPS) is 12.0. The van der Waals surface area contributed by atoms with Crippen molar-refractivity contribution in [1.82, 2.24) is 0 Å². The highest BCUT2D eigenvalue weighted by molar-refractivity contribution is 7.92. The van der Waals surface area contributed by atoms with Gasteiger partial charge in [0.15, 0.2) is 15.6 Å². The van der Waals surface area contributed by atoms with Crippen LogP contribution >= 0.6 is 0 Å². The number of halogens is 3. The van der Waals surface area contributed by atoms with Crippen molar-refractivity contribution in [3.8, 4) is 0 Å². The minimum atomic E-state index is -4.51. The molecule has 8 heteroatoms. The zero-order valence-corrected chi connectivity index (χ0v) is 14.7. The molecular weight excluding hydrogens is 369 g/mol. The Morgan fingerprint density at radius 2 is 1.69 bits per heavy atom. The van der Waals surface area contributed by atoms with Crippen molar-refractivity contribution in [3.05, 3.63) is 65.2 Å². The number of hydrogen-bond donors (Lipinski definition) is 0. The van der Waals surface area contributed by atoms with Crippen LogP contribution in [0.5, 0.6) is 0 Å². The van der Waals surface area contributed by atoms with Gasteiger partial charge < -0.3 is 4.74 Å². The molecule has 0 saturated carbocycles. The van der Waals surface area contributed by atoms with E-state index in [1.54, 1.807) is 12.1 Å². The van der Waals surface area contributed by atoms with Crippen molar-refractivity contribution >= 4 is 15.8 Å². The Hall–Kier alpha value is -2.35. The topological polar surface area (TPSA) is 60.4 Å². The molecule has 26 heavy (non-hydrogen) atoms. The Bertz CT molecular complexity index is 872. The Labute approximate surface area is 149 Å². The van der Waals surface area contributed by atoms with Crippen LogP contribution in [0.4, 0.5) is 13.2 Å². The highest BCUT2D eigenvalue weighted by atomic mass is 32.2. The Morgan fingerprint density at radius 1 is 1.04 bits per heavy atom. The maximum absolute atomic E-state index is 12.6. The predicted molar refractivity (Wildman–Crippen MR) is 89.1 cm³/mol. The molecule has 0 saturated heterocycles. The fraction of sp³-hybridized carbons (Fsp3) is 0.278. The second kappa shape index (κ2) is 7.90. The molecule has 2 aromatic rings. The summed E-state index contributed by atoms with van der Waals surface area (Å²) in [5, 5.41) is 0. The molecule has 2 aromatic carbocycles. The molecule has 140 valence electrons. The van der Waals surface area contributed by atoms with Gasteiger partial charge in [-0.3, -0.25) is 4.79 Å². The maximum atomic E-state index is 12.6. The average Bonchev–Trinajstić information content (AvgIpc) is 2.59. The van der Waals surface area contributed by atoms with E-state index in [9.17, 15) is 26.4 Å². The van der Waals surface area contributed by atoms with Crippen LogP contribution in [0.15, 0.2) is 53.4 Å². The summed E-state index contributed by atoms with van der Waals surface area (Å²) in [6.45, 7) is 1.49. The lowest BCUT2D eigenvalue weighted by atomic mass is 10.1. The number of carbonyl (C=O) groups is 1. The van der Waals surface area contributed by atoms with E-state index in [0.29, 0.717) is 0 Å². The molecule has 2 rings (SSSR count). The van der Waals surface area contributed by atoms with Gasteiger partial charge in [-0.05, 0) is 41.8 Å². The maximum Gasteiger partial charge on any atom is 0.416 e. The highest BCUT2D eigenvalue weighted by Crippen LogP contribution is 2.29. The van der Waals surface area contributed by atoms with Crippen molar-refractivity contribution in [3.63, 3.8) is 0 Å². The van der Waals surface area contributed by atoms with E-state index in [1.807, 2.05) is 6.92 Å². The number of ether oxygens (including phenoxy) is 1. The van der Waals surface area contributed by atoms with Crippen LogP contribution in [0.3, 0.4) is 0 Å². The third-order valence-electron chi connectivity index (χ3n) is 3.65. The summed E-state index contributed by atoms with van der Waals surface area (Å²) in [6.07, 6.45) is -3.76. The summed E-state index contributed by atoms with van der Waals surface area (Å²) in [7, 11) is -3.87. The number of carbonyl (C=O) groups excluding carboxylic acids is 1. The molecule has 0 atom stereocenters. The summed E-state index contributed by atoms with van der Waals surface area (Å²) < 4.78 is 67.1. The highest BCUT2D eigenvalue weighted by Gasteiger charge is 2.30. The second-order valence-corrected chi connectivity index (χ2v) is 7.60. The molecule has 0 amide bonds. The third kappa shape index (κ3) is 5.32. The van der Waals surface area contributed by atoms with E-state index in [4.69, 9.17) is 4.74 Å². The molecule has 0 fully saturated rings. The summed E-state index contributed by atoms with van der Waals surface area (Å²) in [6, 6.07) is 10.4. The molecule has 0 N–H and O–H groups in total. The molecule has 0 aliphatic heterocycles. The fourth-order valence-corrected chi connectivity index (χ4v) is 3.32. The van der Waals surface area contributed by atoms with Crippen LogP contribution in [0.1, 0.15) is 23.6 Å². The van der Waals surface area contributed by atoms with Crippen molar-refractivity contribution in [2.45, 2.75) is 31.0 Å². The quantitative estimate of drug-likeness (QED) is 0.709. The lowest BCUT2D eigenvalue weighted by molar-refractivity contribution is -0.141. The lowest BCUT2D eigenvalue weighted by Gasteiger charge is -2.10. The van der Waals surface area contributed by atoms with E-state index in [1.165, 1.54) is 24.3 Å². The van der Waals surface area contributed by atoms with Gasteiger partial charge in [-0.1, -0.05) is 31.2 Å². The Morgan fingerprint density at radius 3 is 2.27 bits per heavy atom. The van der Waals surface area contributed by atoms with Crippen molar-refractivity contribution in [2.75, 3.05) is 5.75 Å². The number of sulfone groups is 1. The van der Waals surface area contributed by atoms with E-state index >= 15 is 0 Å². The fourth-order valence-electron chi connectivity index (χ4n) is 2.21. The van der Waals surface area contributed by atoms with Crippen LogP contribution in [0, 0.1) is 0 Å². The third-order valence-corrected chi connectivity index (χ3v) is 5.26. The van der Waals surface area contributed by atoms with Crippen LogP contribution in [-0.4, -0.2) is 20.1 Å². The molecule has 4 nitrogen and oxygen atoms in total. The molecule has 0 radical (unpaired) electrons. The SMILES string of the molecule is CCc1ccc(S(=O)(=O)CC(=O)OCc2cccc(C(F)(F)F)c2)cc1. The first-order chi connectivity index (χ1) is 12.1. The van der Waals surface area contributed by atoms with Gasteiger partial charge in [0.05, 0.1) is 10.5 Å². The van der Waals surface area contributed by atoms with Gasteiger partial charge in [-0.25, -0.2) is 8.42 Å². The number of rotatable bonds is 6. The summed E-state index contributed by atoms with van der Waals surface area (Å²) in [5.41, 5.74) is 0.212. The molecule has 0 aliphatic carbocycles. The summed E-state index contributed by atoms with van der Waals surface area (Å²) >= 11 is 0. The van der Waals surface area contributed by atoms with Gasteiger partial charge in [0.1, 0.15) is 6.61 Å². The van der Waals surface area contributed by atoms with Crippen LogP contribution in [0.25, 0.3) is 0 Å². The number of esters is 1. The van der Waals surface area contributed by atoms with Gasteiger partial charge >= 0.3 is 12.1 Å². The van der Waals surface area contributed by atoms with E-state index in [0.717, 1.165) is 24.1 Å². The summed E-state index contributed by atoms with van der Waals surface area (Å²) in [4.78, 5) is 11.8. The van der Waals surface area contributed by atoms with Crippen molar-refractivity contribution in [1.29, 1.82) is 0 Å². The minimum absolute atomic E-state index is 0.00859. The van der Waals surface area contributed by atoms with Gasteiger partial charge in [-0.2, -0.15) is 13.2 Å². The van der Waals surface area contributed by atoms with Crippen molar-refractivity contribution in [2.24, 2.45) is 0 Å². The molecular formula is C18H17F3O4S. The van der Waals surface area contributed by atoms with Gasteiger partial charge in [0, 0.05) is 0 Å². The van der Waals surface area contributed by atoms with Gasteiger partial charge in [0.2, 0.25) is 0 Å². The van der Waals surface area contributed by atoms with E-state index in [2.05, 4.69) is 0 Å². The minimum Gasteiger partial charge on any atom is -0.460 e. The van der Waals surface area contributed by atoms with Gasteiger partial charge in [-0.15, -0.1) is 0 Å². The van der Waals surface area contributed by atoms with Crippen LogP contribution in [-0.2, 0) is 38.6 Å². The molecule has 0 aromatic heterocycles. The molecule has 0 aliphatic rings. The number of benzene rings is 2. The standard InChI is InChI=1S/C18H17F3O4S/c1-2-13-6-8-16(9-7-13)26(23,24)12-17(22)25-11-14-4-3-5-15(10-14)18(19,20)21/h3-10H,2,11-12H2,1H3. The Balaban J connectivity index is 2.00. The number of hydrogen-bond acceptors (Lipinski definition) is 4. The predicted octanol–water partition coefficient (Wildman–Crippen LogP) is 3.78. The van der Waals surface area contributed by atoms with E-state index in [-0.39, 0.29) is 10.5 Å². The molecule has 0 unspecified atom stereocenters. The molecule has 0 heterocycles. The van der Waals surface area contributed by atoms with E-state index < -0.39 is 39.9 Å². The Kier molecular flexibility index (Phi) is 6.07. The number of aryl methyl sites for hydroxylation is 1. The van der Waals surface area contributed by atoms with Crippen LogP contribution in [0.2, 0.25) is 0 Å². The zero-order chi connectivity index (χ0) is 19.4. The summed E-state index contributed by atoms with van der Waals surface area (Å²) in [5.74, 6) is -1.90. The first kappa shape index (κ1) is 20.0. The second-order valence-electron chi connectivity index (χ2n) is 5.62. The monoisotopic (exact) mass is 386 g/mol. The molecule has 0 bridgehead atoms. The van der Waals surface area contributed by atoms with Crippen LogP contribution < -0.4 is 0 Å². The molecule has 0 spiro atoms. The zero-order valence-electron chi connectivity index (χ0n) is 13.9.